The van der Waals surface area contributed by atoms with Gasteiger partial charge in [0.05, 0.1) is 0 Å². The number of hydrogen-bond donors (Lipinski definition) is 0. The first-order valence-electron chi connectivity index (χ1n) is 6.63. The Labute approximate surface area is 114 Å². The van der Waals surface area contributed by atoms with Crippen LogP contribution in [0.4, 0.5) is 0 Å². The van der Waals surface area contributed by atoms with Crippen LogP contribution >= 0.6 is 0 Å². The van der Waals surface area contributed by atoms with Crippen LogP contribution < -0.4 is 0 Å². The van der Waals surface area contributed by atoms with Crippen molar-refractivity contribution in [2.75, 3.05) is 0 Å². The van der Waals surface area contributed by atoms with Crippen LogP contribution in [0, 0.1) is 0 Å². The SMILES string of the molecule is C1=CC(=C(c2ccccc2)c2ccccc2)C=CC1. The number of allylic oxidation sites excluding steroid dienone is 5. The van der Waals surface area contributed by atoms with Crippen molar-refractivity contribution in [2.24, 2.45) is 0 Å². The molecule has 2 aromatic rings. The molecular formula is C19H16. The predicted octanol–water partition coefficient (Wildman–Crippen LogP) is 5.00. The van der Waals surface area contributed by atoms with Crippen molar-refractivity contribution in [1.29, 1.82) is 0 Å². The number of hydrogen-bond acceptors (Lipinski definition) is 0. The normalized spacial score (nSPS) is 13.6. The fourth-order valence-electron chi connectivity index (χ4n) is 2.40. The second-order valence-corrected chi connectivity index (χ2v) is 4.60. The van der Waals surface area contributed by atoms with Crippen LogP contribution in [0.25, 0.3) is 5.57 Å². The minimum Gasteiger partial charge on any atom is -0.0801 e. The molecule has 0 saturated heterocycles. The topological polar surface area (TPSA) is 0 Å². The minimum absolute atomic E-state index is 1.03. The van der Waals surface area contributed by atoms with Gasteiger partial charge in [0.25, 0.3) is 0 Å². The Morgan fingerprint density at radius 3 is 1.58 bits per heavy atom. The highest BCUT2D eigenvalue weighted by Gasteiger charge is 2.08. The van der Waals surface area contributed by atoms with Gasteiger partial charge in [0.2, 0.25) is 0 Å². The molecule has 0 spiro atoms. The summed E-state index contributed by atoms with van der Waals surface area (Å²) in [5.74, 6) is 0. The van der Waals surface area contributed by atoms with Crippen molar-refractivity contribution in [3.8, 4) is 0 Å². The van der Waals surface area contributed by atoms with Crippen molar-refractivity contribution < 1.29 is 0 Å². The largest absolute Gasteiger partial charge is 0.0801 e. The van der Waals surface area contributed by atoms with E-state index >= 15 is 0 Å². The molecule has 0 atom stereocenters. The summed E-state index contributed by atoms with van der Waals surface area (Å²) in [7, 11) is 0. The van der Waals surface area contributed by atoms with E-state index in [1.54, 1.807) is 0 Å². The van der Waals surface area contributed by atoms with E-state index in [9.17, 15) is 0 Å². The molecule has 0 radical (unpaired) electrons. The first kappa shape index (κ1) is 11.7. The molecule has 0 aromatic heterocycles. The van der Waals surface area contributed by atoms with Gasteiger partial charge >= 0.3 is 0 Å². The second-order valence-electron chi connectivity index (χ2n) is 4.60. The molecule has 1 aliphatic carbocycles. The maximum atomic E-state index is 2.22. The second kappa shape index (κ2) is 5.53. The number of benzene rings is 2. The van der Waals surface area contributed by atoms with Crippen molar-refractivity contribution in [3.63, 3.8) is 0 Å². The highest BCUT2D eigenvalue weighted by atomic mass is 14.1. The van der Waals surface area contributed by atoms with Crippen LogP contribution in [0.15, 0.2) is 90.5 Å². The fraction of sp³-hybridized carbons (Fsp3) is 0.0526. The van der Waals surface area contributed by atoms with Crippen LogP contribution in [0.2, 0.25) is 0 Å². The first-order chi connectivity index (χ1) is 9.45. The monoisotopic (exact) mass is 244 g/mol. The zero-order valence-corrected chi connectivity index (χ0v) is 10.8. The molecule has 3 rings (SSSR count). The van der Waals surface area contributed by atoms with Gasteiger partial charge < -0.3 is 0 Å². The van der Waals surface area contributed by atoms with E-state index in [1.165, 1.54) is 22.3 Å². The lowest BCUT2D eigenvalue weighted by molar-refractivity contribution is 1.34. The van der Waals surface area contributed by atoms with Gasteiger partial charge in [-0.3, -0.25) is 0 Å². The molecule has 0 heterocycles. The van der Waals surface area contributed by atoms with Crippen LogP contribution in [-0.4, -0.2) is 0 Å². The van der Waals surface area contributed by atoms with Gasteiger partial charge in [0, 0.05) is 0 Å². The third-order valence-electron chi connectivity index (χ3n) is 3.28. The van der Waals surface area contributed by atoms with Gasteiger partial charge in [0.1, 0.15) is 0 Å². The van der Waals surface area contributed by atoms with Crippen LogP contribution in [-0.2, 0) is 0 Å². The van der Waals surface area contributed by atoms with E-state index in [0.717, 1.165) is 6.42 Å². The van der Waals surface area contributed by atoms with Gasteiger partial charge in [-0.1, -0.05) is 85.0 Å². The standard InChI is InChI=1S/C19H16/c1-4-10-16(11-5-1)19(17-12-6-2-7-13-17)18-14-8-3-9-15-18/h1-2,4-15H,3H2. The lowest BCUT2D eigenvalue weighted by Gasteiger charge is -2.13. The zero-order valence-electron chi connectivity index (χ0n) is 10.8. The number of rotatable bonds is 2. The third-order valence-corrected chi connectivity index (χ3v) is 3.28. The molecule has 0 unspecified atom stereocenters. The van der Waals surface area contributed by atoms with Gasteiger partial charge in [-0.05, 0) is 28.7 Å². The van der Waals surface area contributed by atoms with Crippen molar-refractivity contribution in [3.05, 3.63) is 102 Å². The average Bonchev–Trinajstić information content (AvgIpc) is 2.51. The Hall–Kier alpha value is -2.34. The Bertz CT molecular complexity index is 573. The maximum Gasteiger partial charge on any atom is -0.00391 e. The first-order valence-corrected chi connectivity index (χ1v) is 6.63. The molecule has 2 aromatic carbocycles. The predicted molar refractivity (Wildman–Crippen MR) is 81.8 cm³/mol. The Morgan fingerprint density at radius 1 is 0.632 bits per heavy atom. The van der Waals surface area contributed by atoms with Crippen molar-refractivity contribution >= 4 is 5.57 Å². The summed E-state index contributed by atoms with van der Waals surface area (Å²) in [4.78, 5) is 0. The molecule has 0 amide bonds. The summed E-state index contributed by atoms with van der Waals surface area (Å²) >= 11 is 0. The van der Waals surface area contributed by atoms with E-state index < -0.39 is 0 Å². The Morgan fingerprint density at radius 2 is 1.11 bits per heavy atom. The van der Waals surface area contributed by atoms with Gasteiger partial charge in [-0.25, -0.2) is 0 Å². The third kappa shape index (κ3) is 2.58. The molecule has 0 nitrogen and oxygen atoms in total. The van der Waals surface area contributed by atoms with E-state index in [1.807, 2.05) is 0 Å². The molecule has 0 aliphatic heterocycles. The van der Waals surface area contributed by atoms with Gasteiger partial charge in [-0.2, -0.15) is 0 Å². The highest BCUT2D eigenvalue weighted by molar-refractivity contribution is 5.85. The van der Waals surface area contributed by atoms with Gasteiger partial charge in [-0.15, -0.1) is 0 Å². The molecule has 0 heteroatoms. The summed E-state index contributed by atoms with van der Waals surface area (Å²) in [5, 5.41) is 0. The lowest BCUT2D eigenvalue weighted by atomic mass is 9.91. The quantitative estimate of drug-likeness (QED) is 0.697. The zero-order chi connectivity index (χ0) is 12.9. The van der Waals surface area contributed by atoms with E-state index in [4.69, 9.17) is 0 Å². The van der Waals surface area contributed by atoms with Crippen LogP contribution in [0.3, 0.4) is 0 Å². The summed E-state index contributed by atoms with van der Waals surface area (Å²) in [6.45, 7) is 0. The highest BCUT2D eigenvalue weighted by Crippen LogP contribution is 2.29. The van der Waals surface area contributed by atoms with Crippen molar-refractivity contribution in [2.45, 2.75) is 6.42 Å². The summed E-state index contributed by atoms with van der Waals surface area (Å²) in [6, 6.07) is 21.2. The molecular weight excluding hydrogens is 228 g/mol. The van der Waals surface area contributed by atoms with Crippen molar-refractivity contribution in [1.82, 2.24) is 0 Å². The molecule has 0 bridgehead atoms. The molecule has 0 fully saturated rings. The van der Waals surface area contributed by atoms with Gasteiger partial charge in [0.15, 0.2) is 0 Å². The minimum atomic E-state index is 1.03. The summed E-state index contributed by atoms with van der Waals surface area (Å²) in [5.41, 5.74) is 5.11. The maximum absolute atomic E-state index is 2.22. The molecule has 0 N–H and O–H groups in total. The smallest absolute Gasteiger partial charge is 0.00391 e. The molecule has 0 saturated carbocycles. The Kier molecular flexibility index (Phi) is 3.42. The lowest BCUT2D eigenvalue weighted by Crippen LogP contribution is -1.93. The average molecular weight is 244 g/mol. The van der Waals surface area contributed by atoms with Crippen LogP contribution in [0.5, 0.6) is 0 Å². The fourth-order valence-corrected chi connectivity index (χ4v) is 2.40. The summed E-state index contributed by atoms with van der Waals surface area (Å²) in [6.07, 6.45) is 9.88. The molecule has 19 heavy (non-hydrogen) atoms. The van der Waals surface area contributed by atoms with E-state index in [0.29, 0.717) is 0 Å². The summed E-state index contributed by atoms with van der Waals surface area (Å²) < 4.78 is 0. The Balaban J connectivity index is 2.20. The molecule has 1 aliphatic rings. The van der Waals surface area contributed by atoms with E-state index in [-0.39, 0.29) is 0 Å². The molecule has 92 valence electrons. The van der Waals surface area contributed by atoms with Crippen LogP contribution in [0.1, 0.15) is 17.5 Å². The van der Waals surface area contributed by atoms with E-state index in [2.05, 4.69) is 85.0 Å².